The van der Waals surface area contributed by atoms with Gasteiger partial charge in [0.1, 0.15) is 0 Å². The Labute approximate surface area is 194 Å². The topological polar surface area (TPSA) is 87.3 Å². The van der Waals surface area contributed by atoms with E-state index in [9.17, 15) is 13.2 Å². The lowest BCUT2D eigenvalue weighted by Crippen LogP contribution is -2.35. The van der Waals surface area contributed by atoms with Crippen LogP contribution < -0.4 is 15.4 Å². The largest absolute Gasteiger partial charge is 0.332 e. The highest BCUT2D eigenvalue weighted by molar-refractivity contribution is 7.92. The summed E-state index contributed by atoms with van der Waals surface area (Å²) in [6.07, 6.45) is 0.218. The van der Waals surface area contributed by atoms with Crippen molar-refractivity contribution in [2.75, 3.05) is 10.0 Å². The summed E-state index contributed by atoms with van der Waals surface area (Å²) in [7, 11) is -3.74. The van der Waals surface area contributed by atoms with Gasteiger partial charge in [0.15, 0.2) is 5.11 Å². The molecule has 0 spiro atoms. The number of benzene rings is 3. The standard InChI is InChI=1S/C24H25N3O3S2/c1-16-7-4-5-10-19(16)15-22(28)26-24(31)25-20-11-13-21(14-12-20)32(29,30)27-23-17(2)8-6-9-18(23)3/h4-14,27H,15H2,1-3H3,(H2,25,26,28,31). The number of rotatable bonds is 6. The van der Waals surface area contributed by atoms with Crippen molar-refractivity contribution >= 4 is 44.6 Å². The normalized spacial score (nSPS) is 11.0. The van der Waals surface area contributed by atoms with Gasteiger partial charge in [-0.1, -0.05) is 42.5 Å². The number of amides is 1. The van der Waals surface area contributed by atoms with E-state index < -0.39 is 10.0 Å². The van der Waals surface area contributed by atoms with Crippen LogP contribution in [0.1, 0.15) is 22.3 Å². The molecule has 0 bridgehead atoms. The zero-order valence-electron chi connectivity index (χ0n) is 18.1. The first kappa shape index (κ1) is 23.4. The van der Waals surface area contributed by atoms with E-state index in [2.05, 4.69) is 15.4 Å². The predicted molar refractivity (Wildman–Crippen MR) is 132 cm³/mol. The average molecular weight is 468 g/mol. The molecule has 0 radical (unpaired) electrons. The molecule has 0 fully saturated rings. The van der Waals surface area contributed by atoms with Crippen molar-refractivity contribution in [1.82, 2.24) is 5.32 Å². The molecule has 8 heteroatoms. The molecule has 0 aromatic heterocycles. The number of carbonyl (C=O) groups excluding carboxylic acids is 1. The Hall–Kier alpha value is -3.23. The molecule has 166 valence electrons. The van der Waals surface area contributed by atoms with E-state index in [1.807, 2.05) is 63.2 Å². The summed E-state index contributed by atoms with van der Waals surface area (Å²) in [4.78, 5) is 12.4. The van der Waals surface area contributed by atoms with Crippen LogP contribution in [-0.2, 0) is 21.2 Å². The second-order valence-electron chi connectivity index (χ2n) is 7.50. The first-order chi connectivity index (χ1) is 15.2. The molecule has 0 unspecified atom stereocenters. The Kier molecular flexibility index (Phi) is 7.27. The van der Waals surface area contributed by atoms with Gasteiger partial charge < -0.3 is 10.6 Å². The lowest BCUT2D eigenvalue weighted by molar-refractivity contribution is -0.119. The molecule has 0 saturated carbocycles. The molecular formula is C24H25N3O3S2. The van der Waals surface area contributed by atoms with Crippen molar-refractivity contribution in [2.45, 2.75) is 32.1 Å². The van der Waals surface area contributed by atoms with E-state index in [0.717, 1.165) is 22.3 Å². The SMILES string of the molecule is Cc1ccccc1CC(=O)NC(=S)Nc1ccc(S(=O)(=O)Nc2c(C)cccc2C)cc1. The molecule has 0 atom stereocenters. The molecule has 3 aromatic rings. The molecule has 3 rings (SSSR count). The Morgan fingerprint density at radius 3 is 2.06 bits per heavy atom. The lowest BCUT2D eigenvalue weighted by atomic mass is 10.1. The number of para-hydroxylation sites is 1. The molecule has 6 nitrogen and oxygen atoms in total. The van der Waals surface area contributed by atoms with E-state index in [1.54, 1.807) is 12.1 Å². The van der Waals surface area contributed by atoms with Gasteiger partial charge in [-0.25, -0.2) is 8.42 Å². The highest BCUT2D eigenvalue weighted by Crippen LogP contribution is 2.24. The smallest absolute Gasteiger partial charge is 0.261 e. The molecule has 1 amide bonds. The van der Waals surface area contributed by atoms with Crippen LogP contribution >= 0.6 is 12.2 Å². The molecular weight excluding hydrogens is 442 g/mol. The van der Waals surface area contributed by atoms with Crippen LogP contribution in [0.4, 0.5) is 11.4 Å². The average Bonchev–Trinajstić information content (AvgIpc) is 2.73. The summed E-state index contributed by atoms with van der Waals surface area (Å²) in [6, 6.07) is 19.4. The number of anilines is 2. The third-order valence-corrected chi connectivity index (χ3v) is 6.57. The van der Waals surface area contributed by atoms with Crippen LogP contribution in [-0.4, -0.2) is 19.4 Å². The van der Waals surface area contributed by atoms with Crippen LogP contribution in [0.3, 0.4) is 0 Å². The molecule has 0 heterocycles. The van der Waals surface area contributed by atoms with E-state index in [0.29, 0.717) is 11.4 Å². The summed E-state index contributed by atoms with van der Waals surface area (Å²) in [5.41, 5.74) is 4.80. The highest BCUT2D eigenvalue weighted by Gasteiger charge is 2.16. The first-order valence-electron chi connectivity index (χ1n) is 10.00. The van der Waals surface area contributed by atoms with Crippen LogP contribution in [0.25, 0.3) is 0 Å². The van der Waals surface area contributed by atoms with Crippen LogP contribution in [0, 0.1) is 20.8 Å². The second-order valence-corrected chi connectivity index (χ2v) is 9.59. The number of nitrogens with one attached hydrogen (secondary N) is 3. The van der Waals surface area contributed by atoms with Crippen molar-refractivity contribution in [3.63, 3.8) is 0 Å². The fraction of sp³-hybridized carbons (Fsp3) is 0.167. The molecule has 0 aliphatic rings. The van der Waals surface area contributed by atoms with Crippen LogP contribution in [0.2, 0.25) is 0 Å². The predicted octanol–water partition coefficient (Wildman–Crippen LogP) is 4.47. The highest BCUT2D eigenvalue weighted by atomic mass is 32.2. The lowest BCUT2D eigenvalue weighted by Gasteiger charge is -2.14. The summed E-state index contributed by atoms with van der Waals surface area (Å²) in [5.74, 6) is -0.228. The van der Waals surface area contributed by atoms with E-state index in [4.69, 9.17) is 12.2 Å². The van der Waals surface area contributed by atoms with Gasteiger partial charge in [-0.05, 0) is 79.5 Å². The van der Waals surface area contributed by atoms with E-state index in [1.165, 1.54) is 12.1 Å². The minimum atomic E-state index is -3.74. The van der Waals surface area contributed by atoms with Crippen LogP contribution in [0.15, 0.2) is 71.6 Å². The summed E-state index contributed by atoms with van der Waals surface area (Å²) in [6.45, 7) is 5.66. The molecule has 0 aliphatic carbocycles. The number of carbonyl (C=O) groups is 1. The van der Waals surface area contributed by atoms with E-state index >= 15 is 0 Å². The second kappa shape index (κ2) is 9.93. The summed E-state index contributed by atoms with van der Waals surface area (Å²) < 4.78 is 28.2. The zero-order chi connectivity index (χ0) is 23.3. The van der Waals surface area contributed by atoms with Gasteiger partial charge in [-0.15, -0.1) is 0 Å². The van der Waals surface area contributed by atoms with Gasteiger partial charge in [-0.3, -0.25) is 9.52 Å². The van der Waals surface area contributed by atoms with Gasteiger partial charge in [0.2, 0.25) is 5.91 Å². The molecule has 0 saturated heterocycles. The number of thiocarbonyl (C=S) groups is 1. The minimum absolute atomic E-state index is 0.125. The molecule has 3 N–H and O–H groups in total. The van der Waals surface area contributed by atoms with Gasteiger partial charge in [0.25, 0.3) is 10.0 Å². The monoisotopic (exact) mass is 467 g/mol. The Balaban J connectivity index is 1.62. The van der Waals surface area contributed by atoms with Crippen molar-refractivity contribution in [1.29, 1.82) is 0 Å². The van der Waals surface area contributed by atoms with Crippen molar-refractivity contribution in [2.24, 2.45) is 0 Å². The van der Waals surface area contributed by atoms with Gasteiger partial charge in [-0.2, -0.15) is 0 Å². The maximum absolute atomic E-state index is 12.8. The van der Waals surface area contributed by atoms with Crippen molar-refractivity contribution < 1.29 is 13.2 Å². The van der Waals surface area contributed by atoms with Crippen molar-refractivity contribution in [3.8, 4) is 0 Å². The number of hydrogen-bond donors (Lipinski definition) is 3. The maximum Gasteiger partial charge on any atom is 0.261 e. The number of sulfonamides is 1. The number of aryl methyl sites for hydroxylation is 3. The Morgan fingerprint density at radius 2 is 1.44 bits per heavy atom. The third-order valence-electron chi connectivity index (χ3n) is 5.01. The van der Waals surface area contributed by atoms with Gasteiger partial charge in [0.05, 0.1) is 17.0 Å². The molecule has 0 aliphatic heterocycles. The number of hydrogen-bond acceptors (Lipinski definition) is 4. The Morgan fingerprint density at radius 1 is 0.844 bits per heavy atom. The quantitative estimate of drug-likeness (QED) is 0.466. The van der Waals surface area contributed by atoms with Gasteiger partial charge in [0, 0.05) is 5.69 Å². The van der Waals surface area contributed by atoms with Crippen molar-refractivity contribution in [3.05, 3.63) is 89.0 Å². The fourth-order valence-corrected chi connectivity index (χ4v) is 4.64. The Bertz CT molecular complexity index is 1230. The summed E-state index contributed by atoms with van der Waals surface area (Å²) >= 11 is 5.21. The summed E-state index contributed by atoms with van der Waals surface area (Å²) in [5, 5.41) is 5.70. The van der Waals surface area contributed by atoms with Gasteiger partial charge >= 0.3 is 0 Å². The molecule has 32 heavy (non-hydrogen) atoms. The molecule has 3 aromatic carbocycles. The first-order valence-corrected chi connectivity index (χ1v) is 11.9. The third kappa shape index (κ3) is 5.93. The van der Waals surface area contributed by atoms with Crippen LogP contribution in [0.5, 0.6) is 0 Å². The minimum Gasteiger partial charge on any atom is -0.332 e. The maximum atomic E-state index is 12.8. The fourth-order valence-electron chi connectivity index (χ4n) is 3.20. The zero-order valence-corrected chi connectivity index (χ0v) is 19.7. The van der Waals surface area contributed by atoms with E-state index in [-0.39, 0.29) is 22.3 Å².